The molecule has 9 nitrogen and oxygen atoms in total. The summed E-state index contributed by atoms with van der Waals surface area (Å²) < 4.78 is 47.7. The van der Waals surface area contributed by atoms with E-state index in [-0.39, 0.29) is 17.0 Å². The van der Waals surface area contributed by atoms with Crippen LogP contribution in [0.1, 0.15) is 32.0 Å². The van der Waals surface area contributed by atoms with Crippen molar-refractivity contribution in [3.8, 4) is 0 Å². The van der Waals surface area contributed by atoms with Crippen LogP contribution in [-0.4, -0.2) is 53.2 Å². The predicted molar refractivity (Wildman–Crippen MR) is 120 cm³/mol. The SMILES string of the molecule is CN(C)S(=O)(=O)n1c(N)nc2ccc(C3(c4ccc(F)cc4)C=NC(C(C)(C)C)O3)nc21. The Labute approximate surface area is 185 Å². The Bertz CT molecular complexity index is 1310. The molecule has 2 aromatic heterocycles. The highest BCUT2D eigenvalue weighted by Crippen LogP contribution is 2.41. The molecular formula is C21H25FN6O3S. The number of nitrogens with zero attached hydrogens (tertiary/aromatic N) is 5. The lowest BCUT2D eigenvalue weighted by Crippen LogP contribution is -2.36. The molecule has 170 valence electrons. The van der Waals surface area contributed by atoms with Crippen LogP contribution >= 0.6 is 0 Å². The number of benzene rings is 1. The fraction of sp³-hybridized carbons (Fsp3) is 0.381. The number of nitrogens with two attached hydrogens (primary N) is 1. The van der Waals surface area contributed by atoms with Gasteiger partial charge in [0.1, 0.15) is 11.3 Å². The summed E-state index contributed by atoms with van der Waals surface area (Å²) in [7, 11) is -1.19. The summed E-state index contributed by atoms with van der Waals surface area (Å²) in [6.07, 6.45) is 1.14. The van der Waals surface area contributed by atoms with Gasteiger partial charge in [-0.2, -0.15) is 16.7 Å². The summed E-state index contributed by atoms with van der Waals surface area (Å²) in [5, 5.41) is 0. The third-order valence-corrected chi connectivity index (χ3v) is 7.01. The van der Waals surface area contributed by atoms with Gasteiger partial charge in [0, 0.05) is 25.7 Å². The maximum absolute atomic E-state index is 13.7. The lowest BCUT2D eigenvalue weighted by Gasteiger charge is -2.32. The van der Waals surface area contributed by atoms with Crippen LogP contribution in [0.5, 0.6) is 0 Å². The van der Waals surface area contributed by atoms with Gasteiger partial charge in [0.25, 0.3) is 0 Å². The van der Waals surface area contributed by atoms with Crippen LogP contribution in [0.25, 0.3) is 11.2 Å². The summed E-state index contributed by atoms with van der Waals surface area (Å²) in [5.74, 6) is -0.597. The largest absolute Gasteiger partial charge is 0.368 e. The Kier molecular flexibility index (Phi) is 5.11. The molecule has 0 amide bonds. The van der Waals surface area contributed by atoms with Gasteiger partial charge in [-0.3, -0.25) is 4.99 Å². The van der Waals surface area contributed by atoms with Gasteiger partial charge in [-0.1, -0.05) is 32.9 Å². The number of nitrogen functional groups attached to an aromatic ring is 1. The van der Waals surface area contributed by atoms with Gasteiger partial charge in [-0.25, -0.2) is 14.4 Å². The first kappa shape index (κ1) is 22.3. The minimum Gasteiger partial charge on any atom is -0.368 e. The number of rotatable bonds is 4. The number of fused-ring (bicyclic) bond motifs is 1. The summed E-state index contributed by atoms with van der Waals surface area (Å²) >= 11 is 0. The van der Waals surface area contributed by atoms with Crippen molar-refractivity contribution >= 4 is 33.5 Å². The highest BCUT2D eigenvalue weighted by Gasteiger charge is 2.45. The van der Waals surface area contributed by atoms with Gasteiger partial charge in [0.2, 0.25) is 5.95 Å². The third kappa shape index (κ3) is 3.46. The average Bonchev–Trinajstić information content (AvgIpc) is 3.29. The molecule has 0 bridgehead atoms. The first-order chi connectivity index (χ1) is 14.9. The van der Waals surface area contributed by atoms with E-state index in [1.165, 1.54) is 26.2 Å². The van der Waals surface area contributed by atoms with Gasteiger partial charge in [0.05, 0.1) is 5.69 Å². The van der Waals surface area contributed by atoms with E-state index in [0.717, 1.165) is 8.28 Å². The number of aromatic nitrogens is 3. The van der Waals surface area contributed by atoms with Crippen molar-refractivity contribution in [1.29, 1.82) is 0 Å². The number of imidazole rings is 1. The predicted octanol–water partition coefficient (Wildman–Crippen LogP) is 2.52. The van der Waals surface area contributed by atoms with Crippen molar-refractivity contribution in [1.82, 2.24) is 18.2 Å². The van der Waals surface area contributed by atoms with Crippen LogP contribution in [-0.2, 0) is 20.5 Å². The molecule has 2 unspecified atom stereocenters. The van der Waals surface area contributed by atoms with E-state index in [4.69, 9.17) is 10.5 Å². The van der Waals surface area contributed by atoms with E-state index < -0.39 is 27.9 Å². The molecule has 0 radical (unpaired) electrons. The molecule has 3 heterocycles. The molecule has 0 fully saturated rings. The molecule has 2 N–H and O–H groups in total. The molecule has 0 saturated carbocycles. The van der Waals surface area contributed by atoms with Gasteiger partial charge >= 0.3 is 10.2 Å². The van der Waals surface area contributed by atoms with Crippen molar-refractivity contribution in [3.05, 3.63) is 53.5 Å². The monoisotopic (exact) mass is 460 g/mol. The number of hydrogen-bond acceptors (Lipinski definition) is 7. The molecule has 1 aliphatic rings. The molecule has 0 spiro atoms. The van der Waals surface area contributed by atoms with Crippen LogP contribution in [0.15, 0.2) is 41.4 Å². The molecule has 2 atom stereocenters. The second kappa shape index (κ2) is 7.32. The van der Waals surface area contributed by atoms with Crippen LogP contribution < -0.4 is 5.73 Å². The van der Waals surface area contributed by atoms with Crippen LogP contribution in [0, 0.1) is 11.2 Å². The minimum absolute atomic E-state index is 0.0615. The Morgan fingerprint density at radius 3 is 2.34 bits per heavy atom. The molecule has 0 aliphatic carbocycles. The molecule has 1 aromatic carbocycles. The van der Waals surface area contributed by atoms with Crippen molar-refractivity contribution < 1.29 is 17.5 Å². The van der Waals surface area contributed by atoms with E-state index in [9.17, 15) is 12.8 Å². The van der Waals surface area contributed by atoms with E-state index in [2.05, 4.69) is 15.0 Å². The van der Waals surface area contributed by atoms with Crippen LogP contribution in [0.4, 0.5) is 10.3 Å². The van der Waals surface area contributed by atoms with Crippen molar-refractivity contribution in [2.24, 2.45) is 10.4 Å². The molecule has 4 rings (SSSR count). The van der Waals surface area contributed by atoms with Crippen molar-refractivity contribution in [3.63, 3.8) is 0 Å². The summed E-state index contributed by atoms with van der Waals surface area (Å²) in [4.78, 5) is 13.3. The lowest BCUT2D eigenvalue weighted by molar-refractivity contribution is -0.0566. The van der Waals surface area contributed by atoms with Gasteiger partial charge in [-0.15, -0.1) is 0 Å². The van der Waals surface area contributed by atoms with E-state index in [1.54, 1.807) is 30.5 Å². The molecule has 0 saturated heterocycles. The number of aliphatic imine (C=N–C) groups is 1. The first-order valence-electron chi connectivity index (χ1n) is 9.93. The summed E-state index contributed by atoms with van der Waals surface area (Å²) in [5.41, 5.74) is 5.73. The van der Waals surface area contributed by atoms with Crippen LogP contribution in [0.2, 0.25) is 0 Å². The topological polar surface area (TPSA) is 116 Å². The Morgan fingerprint density at radius 1 is 1.12 bits per heavy atom. The number of halogens is 1. The molecular weight excluding hydrogens is 435 g/mol. The fourth-order valence-electron chi connectivity index (χ4n) is 3.48. The zero-order valence-corrected chi connectivity index (χ0v) is 19.3. The van der Waals surface area contributed by atoms with Crippen molar-refractivity contribution in [2.75, 3.05) is 19.8 Å². The van der Waals surface area contributed by atoms with Gasteiger partial charge in [-0.05, 0) is 29.8 Å². The van der Waals surface area contributed by atoms with E-state index in [0.29, 0.717) is 16.8 Å². The number of hydrogen-bond donors (Lipinski definition) is 1. The molecule has 1 aliphatic heterocycles. The Balaban J connectivity index is 1.96. The minimum atomic E-state index is -3.98. The lowest BCUT2D eigenvalue weighted by atomic mass is 9.90. The maximum Gasteiger partial charge on any atom is 0.311 e. The second-order valence-corrected chi connectivity index (χ2v) is 10.9. The second-order valence-electron chi connectivity index (χ2n) is 8.92. The standard InChI is InChI=1S/C21H25FN6O3S/c1-20(2,3)18-24-12-21(31-18,13-6-8-14(22)9-7-13)16-11-10-15-17(26-16)28(19(23)25-15)32(29,30)27(4)5/h6-12,18H,1-5H3,(H2,23,25). The highest BCUT2D eigenvalue weighted by atomic mass is 32.2. The fourth-order valence-corrected chi connectivity index (χ4v) is 4.43. The van der Waals surface area contributed by atoms with Crippen LogP contribution in [0.3, 0.4) is 0 Å². The number of ether oxygens (including phenoxy) is 1. The highest BCUT2D eigenvalue weighted by molar-refractivity contribution is 7.87. The smallest absolute Gasteiger partial charge is 0.311 e. The maximum atomic E-state index is 13.7. The quantitative estimate of drug-likeness (QED) is 0.640. The Hall–Kier alpha value is -2.89. The third-order valence-electron chi connectivity index (χ3n) is 5.27. The number of anilines is 1. The van der Waals surface area contributed by atoms with Crippen molar-refractivity contribution in [2.45, 2.75) is 32.6 Å². The normalized spacial score (nSPS) is 21.7. The van der Waals surface area contributed by atoms with E-state index >= 15 is 0 Å². The zero-order chi connectivity index (χ0) is 23.5. The first-order valence-corrected chi connectivity index (χ1v) is 11.3. The van der Waals surface area contributed by atoms with Gasteiger partial charge in [0.15, 0.2) is 17.5 Å². The molecule has 3 aromatic rings. The summed E-state index contributed by atoms with van der Waals surface area (Å²) in [6, 6.07) is 9.16. The average molecular weight is 461 g/mol. The Morgan fingerprint density at radius 2 is 1.78 bits per heavy atom. The molecule has 32 heavy (non-hydrogen) atoms. The molecule has 11 heteroatoms. The summed E-state index contributed by atoms with van der Waals surface area (Å²) in [6.45, 7) is 5.98. The van der Waals surface area contributed by atoms with E-state index in [1.807, 2.05) is 20.8 Å². The zero-order valence-electron chi connectivity index (χ0n) is 18.4. The van der Waals surface area contributed by atoms with Gasteiger partial charge < -0.3 is 10.5 Å². The number of pyridine rings is 1.